The van der Waals surface area contributed by atoms with Gasteiger partial charge in [0.25, 0.3) is 5.91 Å². The highest BCUT2D eigenvalue weighted by Crippen LogP contribution is 2.13. The van der Waals surface area contributed by atoms with Crippen LogP contribution in [0.1, 0.15) is 21.6 Å². The van der Waals surface area contributed by atoms with E-state index in [1.54, 1.807) is 28.8 Å². The Bertz CT molecular complexity index is 601. The molecule has 1 aromatic heterocycles. The lowest BCUT2D eigenvalue weighted by Gasteiger charge is -2.17. The number of aryl methyl sites for hydroxylation is 2. The van der Waals surface area contributed by atoms with Crippen molar-refractivity contribution in [2.75, 3.05) is 12.8 Å². The summed E-state index contributed by atoms with van der Waals surface area (Å²) in [4.78, 5) is 14.0. The average molecular weight is 257 g/mol. The number of benzene rings is 1. The molecule has 0 radical (unpaired) electrons. The van der Waals surface area contributed by atoms with E-state index in [0.717, 1.165) is 5.56 Å². The van der Waals surface area contributed by atoms with Crippen LogP contribution in [-0.2, 0) is 13.6 Å². The summed E-state index contributed by atoms with van der Waals surface area (Å²) < 4.78 is 1.75. The third-order valence-corrected chi connectivity index (χ3v) is 3.09. The Hall–Kier alpha value is -2.23. The predicted molar refractivity (Wildman–Crippen MR) is 76.8 cm³/mol. The van der Waals surface area contributed by atoms with Gasteiger partial charge in [-0.3, -0.25) is 4.79 Å². The van der Waals surface area contributed by atoms with Crippen molar-refractivity contribution < 1.29 is 4.79 Å². The van der Waals surface area contributed by atoms with Gasteiger partial charge in [0.2, 0.25) is 0 Å². The molecule has 0 fully saturated rings. The van der Waals surface area contributed by atoms with Gasteiger partial charge in [-0.05, 0) is 18.6 Å². The number of anilines is 1. The van der Waals surface area contributed by atoms with E-state index in [-0.39, 0.29) is 5.91 Å². The molecule has 0 atom stereocenters. The predicted octanol–water partition coefficient (Wildman–Crippen LogP) is 2.19. The van der Waals surface area contributed by atoms with Gasteiger partial charge < -0.3 is 15.2 Å². The number of carbonyl (C=O) groups is 1. The van der Waals surface area contributed by atoms with E-state index >= 15 is 0 Å². The van der Waals surface area contributed by atoms with Crippen LogP contribution < -0.4 is 5.73 Å². The Morgan fingerprint density at radius 1 is 1.37 bits per heavy atom. The fraction of sp³-hybridized carbons (Fsp3) is 0.267. The monoisotopic (exact) mass is 257 g/mol. The standard InChI is InChI=1S/C15H19N3O/c1-11-5-4-6-12(7-11)9-18(3)15(19)14-8-13(16)10-17(14)2/h4-8,10H,9,16H2,1-3H3. The van der Waals surface area contributed by atoms with Crippen LogP contribution in [-0.4, -0.2) is 22.4 Å². The molecule has 0 saturated carbocycles. The summed E-state index contributed by atoms with van der Waals surface area (Å²) in [5.41, 5.74) is 9.23. The molecule has 19 heavy (non-hydrogen) atoms. The Morgan fingerprint density at radius 2 is 2.11 bits per heavy atom. The third-order valence-electron chi connectivity index (χ3n) is 3.09. The maximum absolute atomic E-state index is 12.3. The summed E-state index contributed by atoms with van der Waals surface area (Å²) in [7, 11) is 3.62. The number of hydrogen-bond acceptors (Lipinski definition) is 2. The van der Waals surface area contributed by atoms with E-state index in [4.69, 9.17) is 5.73 Å². The molecule has 4 nitrogen and oxygen atoms in total. The number of hydrogen-bond donors (Lipinski definition) is 1. The van der Waals surface area contributed by atoms with Gasteiger partial charge in [-0.2, -0.15) is 0 Å². The van der Waals surface area contributed by atoms with Gasteiger partial charge in [-0.25, -0.2) is 0 Å². The summed E-state index contributed by atoms with van der Waals surface area (Å²) >= 11 is 0. The maximum atomic E-state index is 12.3. The Morgan fingerprint density at radius 3 is 2.68 bits per heavy atom. The number of amides is 1. The second-order valence-electron chi connectivity index (χ2n) is 4.92. The fourth-order valence-corrected chi connectivity index (χ4v) is 2.15. The van der Waals surface area contributed by atoms with Crippen LogP contribution in [0.15, 0.2) is 36.5 Å². The summed E-state index contributed by atoms with van der Waals surface area (Å²) in [6.07, 6.45) is 1.74. The zero-order valence-electron chi connectivity index (χ0n) is 11.6. The number of rotatable bonds is 3. The summed E-state index contributed by atoms with van der Waals surface area (Å²) in [5.74, 6) is -0.0271. The molecule has 100 valence electrons. The van der Waals surface area contributed by atoms with Crippen molar-refractivity contribution in [3.63, 3.8) is 0 Å². The minimum atomic E-state index is -0.0271. The molecule has 0 aliphatic rings. The van der Waals surface area contributed by atoms with Crippen molar-refractivity contribution in [2.24, 2.45) is 7.05 Å². The Balaban J connectivity index is 2.14. The largest absolute Gasteiger partial charge is 0.397 e. The molecule has 1 amide bonds. The lowest BCUT2D eigenvalue weighted by atomic mass is 10.1. The molecule has 0 spiro atoms. The first-order chi connectivity index (χ1) is 8.97. The lowest BCUT2D eigenvalue weighted by molar-refractivity contribution is 0.0775. The second kappa shape index (κ2) is 5.18. The van der Waals surface area contributed by atoms with E-state index in [2.05, 4.69) is 6.07 Å². The topological polar surface area (TPSA) is 51.3 Å². The van der Waals surface area contributed by atoms with Crippen molar-refractivity contribution in [3.05, 3.63) is 53.3 Å². The molecule has 1 aromatic carbocycles. The molecule has 0 bridgehead atoms. The highest BCUT2D eigenvalue weighted by atomic mass is 16.2. The molecule has 0 unspecified atom stereocenters. The second-order valence-corrected chi connectivity index (χ2v) is 4.92. The molecule has 2 N–H and O–H groups in total. The van der Waals surface area contributed by atoms with E-state index < -0.39 is 0 Å². The smallest absolute Gasteiger partial charge is 0.270 e. The van der Waals surface area contributed by atoms with Crippen molar-refractivity contribution in [1.29, 1.82) is 0 Å². The van der Waals surface area contributed by atoms with Gasteiger partial charge in [0.1, 0.15) is 5.69 Å². The van der Waals surface area contributed by atoms with Crippen LogP contribution in [0.2, 0.25) is 0 Å². The van der Waals surface area contributed by atoms with Crippen LogP contribution in [0.3, 0.4) is 0 Å². The van der Waals surface area contributed by atoms with E-state index in [1.165, 1.54) is 5.56 Å². The summed E-state index contributed by atoms with van der Waals surface area (Å²) in [6, 6.07) is 9.86. The van der Waals surface area contributed by atoms with Crippen molar-refractivity contribution >= 4 is 11.6 Å². The number of carbonyl (C=O) groups excluding carboxylic acids is 1. The van der Waals surface area contributed by atoms with Gasteiger partial charge >= 0.3 is 0 Å². The van der Waals surface area contributed by atoms with Crippen molar-refractivity contribution in [2.45, 2.75) is 13.5 Å². The fourth-order valence-electron chi connectivity index (χ4n) is 2.15. The van der Waals surface area contributed by atoms with Crippen LogP contribution in [0, 0.1) is 6.92 Å². The molecule has 0 aliphatic heterocycles. The molecular formula is C15H19N3O. The molecule has 1 heterocycles. The van der Waals surface area contributed by atoms with E-state index in [9.17, 15) is 4.79 Å². The number of aromatic nitrogens is 1. The molecule has 0 aliphatic carbocycles. The van der Waals surface area contributed by atoms with Crippen molar-refractivity contribution in [3.8, 4) is 0 Å². The van der Waals surface area contributed by atoms with Gasteiger partial charge in [-0.1, -0.05) is 29.8 Å². The van der Waals surface area contributed by atoms with Gasteiger partial charge in [0, 0.05) is 26.8 Å². The minimum Gasteiger partial charge on any atom is -0.397 e. The number of nitrogen functional groups attached to an aromatic ring is 1. The highest BCUT2D eigenvalue weighted by Gasteiger charge is 2.15. The Kier molecular flexibility index (Phi) is 3.60. The van der Waals surface area contributed by atoms with Crippen LogP contribution in [0.25, 0.3) is 0 Å². The van der Waals surface area contributed by atoms with Crippen LogP contribution in [0.5, 0.6) is 0 Å². The summed E-state index contributed by atoms with van der Waals surface area (Å²) in [5, 5.41) is 0. The first kappa shape index (κ1) is 13.2. The maximum Gasteiger partial charge on any atom is 0.270 e. The Labute approximate surface area is 113 Å². The molecular weight excluding hydrogens is 238 g/mol. The normalized spacial score (nSPS) is 10.5. The van der Waals surface area contributed by atoms with Crippen LogP contribution in [0.4, 0.5) is 5.69 Å². The first-order valence-electron chi connectivity index (χ1n) is 6.20. The zero-order chi connectivity index (χ0) is 14.0. The molecule has 2 rings (SSSR count). The quantitative estimate of drug-likeness (QED) is 0.916. The summed E-state index contributed by atoms with van der Waals surface area (Å²) in [6.45, 7) is 2.63. The minimum absolute atomic E-state index is 0.0271. The van der Waals surface area contributed by atoms with Crippen molar-refractivity contribution in [1.82, 2.24) is 9.47 Å². The third kappa shape index (κ3) is 2.96. The molecule has 0 saturated heterocycles. The van der Waals surface area contributed by atoms with Gasteiger partial charge in [0.05, 0.1) is 5.69 Å². The number of nitrogens with two attached hydrogens (primary N) is 1. The zero-order valence-corrected chi connectivity index (χ0v) is 11.6. The molecule has 2 aromatic rings. The SMILES string of the molecule is Cc1cccc(CN(C)C(=O)c2cc(N)cn2C)c1. The first-order valence-corrected chi connectivity index (χ1v) is 6.20. The average Bonchev–Trinajstić information content (AvgIpc) is 2.67. The highest BCUT2D eigenvalue weighted by molar-refractivity contribution is 5.93. The molecule has 4 heteroatoms. The van der Waals surface area contributed by atoms with E-state index in [1.807, 2.05) is 32.2 Å². The number of nitrogens with zero attached hydrogens (tertiary/aromatic N) is 2. The van der Waals surface area contributed by atoms with Gasteiger partial charge in [0.15, 0.2) is 0 Å². The van der Waals surface area contributed by atoms with E-state index in [0.29, 0.717) is 17.9 Å². The lowest BCUT2D eigenvalue weighted by Crippen LogP contribution is -2.27. The van der Waals surface area contributed by atoms with Gasteiger partial charge in [-0.15, -0.1) is 0 Å². The van der Waals surface area contributed by atoms with Crippen LogP contribution >= 0.6 is 0 Å².